The summed E-state index contributed by atoms with van der Waals surface area (Å²) in [7, 11) is 0. The molecule has 3 heterocycles. The zero-order chi connectivity index (χ0) is 18.7. The van der Waals surface area contributed by atoms with Gasteiger partial charge in [0, 0.05) is 18.3 Å². The SMILES string of the molecule is Cc1ncccc1OCc1cnn([C@@H]2CCN(C(=O)O)C[C@@H]2F)c1C#N. The van der Waals surface area contributed by atoms with Gasteiger partial charge in [0.2, 0.25) is 0 Å². The van der Waals surface area contributed by atoms with Crippen LogP contribution in [0.1, 0.15) is 29.4 Å². The van der Waals surface area contributed by atoms with Gasteiger partial charge in [-0.1, -0.05) is 0 Å². The van der Waals surface area contributed by atoms with E-state index in [9.17, 15) is 14.4 Å². The smallest absolute Gasteiger partial charge is 0.407 e. The number of hydrogen-bond acceptors (Lipinski definition) is 5. The van der Waals surface area contributed by atoms with Crippen LogP contribution in [0.15, 0.2) is 24.5 Å². The first-order valence-corrected chi connectivity index (χ1v) is 8.14. The highest BCUT2D eigenvalue weighted by molar-refractivity contribution is 5.65. The van der Waals surface area contributed by atoms with Gasteiger partial charge >= 0.3 is 6.09 Å². The molecule has 0 saturated carbocycles. The van der Waals surface area contributed by atoms with Crippen LogP contribution in [0.5, 0.6) is 5.75 Å². The lowest BCUT2D eigenvalue weighted by molar-refractivity contribution is 0.0751. The van der Waals surface area contributed by atoms with Gasteiger partial charge in [-0.3, -0.25) is 4.98 Å². The number of carboxylic acid groups (broad SMARTS) is 1. The third-order valence-corrected chi connectivity index (χ3v) is 4.41. The number of alkyl halides is 1. The van der Waals surface area contributed by atoms with Gasteiger partial charge in [-0.05, 0) is 25.5 Å². The van der Waals surface area contributed by atoms with Crippen molar-refractivity contribution in [2.45, 2.75) is 32.2 Å². The number of nitrogens with zero attached hydrogens (tertiary/aromatic N) is 5. The fraction of sp³-hybridized carbons (Fsp3) is 0.412. The van der Waals surface area contributed by atoms with E-state index < -0.39 is 18.3 Å². The zero-order valence-electron chi connectivity index (χ0n) is 14.2. The first-order valence-electron chi connectivity index (χ1n) is 8.14. The van der Waals surface area contributed by atoms with Crippen LogP contribution in [-0.4, -0.2) is 50.1 Å². The Bertz CT molecular complexity index is 847. The van der Waals surface area contributed by atoms with E-state index in [4.69, 9.17) is 9.84 Å². The highest BCUT2D eigenvalue weighted by atomic mass is 19.1. The van der Waals surface area contributed by atoms with E-state index in [0.29, 0.717) is 11.3 Å². The molecule has 0 aromatic carbocycles. The number of pyridine rings is 1. The second kappa shape index (κ2) is 7.39. The Labute approximate surface area is 149 Å². The molecule has 2 aromatic rings. The van der Waals surface area contributed by atoms with Crippen molar-refractivity contribution in [2.75, 3.05) is 13.1 Å². The second-order valence-electron chi connectivity index (χ2n) is 6.05. The van der Waals surface area contributed by atoms with Crippen LogP contribution in [0, 0.1) is 18.3 Å². The number of aromatic nitrogens is 3. The molecule has 26 heavy (non-hydrogen) atoms. The third-order valence-electron chi connectivity index (χ3n) is 4.41. The molecular formula is C17H18FN5O3. The first-order chi connectivity index (χ1) is 12.5. The predicted octanol–water partition coefficient (Wildman–Crippen LogP) is 2.30. The molecule has 2 aromatic heterocycles. The fourth-order valence-electron chi connectivity index (χ4n) is 3.00. The molecule has 0 radical (unpaired) electrons. The summed E-state index contributed by atoms with van der Waals surface area (Å²) in [5.74, 6) is 0.599. The van der Waals surface area contributed by atoms with Crippen LogP contribution in [0.3, 0.4) is 0 Å². The number of aryl methyl sites for hydroxylation is 1. The highest BCUT2D eigenvalue weighted by Gasteiger charge is 2.34. The maximum absolute atomic E-state index is 14.5. The Morgan fingerprint density at radius 1 is 1.58 bits per heavy atom. The molecule has 2 atom stereocenters. The quantitative estimate of drug-likeness (QED) is 0.898. The molecule has 8 nitrogen and oxygen atoms in total. The van der Waals surface area contributed by atoms with Gasteiger partial charge in [0.1, 0.15) is 30.3 Å². The number of halogens is 1. The minimum Gasteiger partial charge on any atom is -0.487 e. The number of carbonyl (C=O) groups is 1. The topological polar surface area (TPSA) is 104 Å². The summed E-state index contributed by atoms with van der Waals surface area (Å²) < 4.78 is 21.5. The highest BCUT2D eigenvalue weighted by Crippen LogP contribution is 2.28. The van der Waals surface area contributed by atoms with Crippen molar-refractivity contribution < 1.29 is 19.0 Å². The molecular weight excluding hydrogens is 341 g/mol. The van der Waals surface area contributed by atoms with E-state index in [1.807, 2.05) is 6.92 Å². The van der Waals surface area contributed by atoms with Crippen molar-refractivity contribution in [1.82, 2.24) is 19.7 Å². The zero-order valence-corrected chi connectivity index (χ0v) is 14.2. The monoisotopic (exact) mass is 359 g/mol. The second-order valence-corrected chi connectivity index (χ2v) is 6.05. The molecule has 1 aliphatic heterocycles. The Balaban J connectivity index is 1.75. The molecule has 0 bridgehead atoms. The summed E-state index contributed by atoms with van der Waals surface area (Å²) >= 11 is 0. The molecule has 0 spiro atoms. The van der Waals surface area contributed by atoms with E-state index in [-0.39, 0.29) is 31.8 Å². The molecule has 0 unspecified atom stereocenters. The predicted molar refractivity (Wildman–Crippen MR) is 88.4 cm³/mol. The van der Waals surface area contributed by atoms with E-state index in [1.54, 1.807) is 18.3 Å². The lowest BCUT2D eigenvalue weighted by Gasteiger charge is -2.33. The molecule has 1 N–H and O–H groups in total. The van der Waals surface area contributed by atoms with Gasteiger partial charge in [-0.2, -0.15) is 10.4 Å². The standard InChI is InChI=1S/C17H18FN5O3/c1-11-16(3-2-5-20-11)26-10-12-8-21-23(15(12)7-19)14-4-6-22(17(24)25)9-13(14)18/h2-3,5,8,13-14H,4,6,9-10H2,1H3,(H,24,25)/t13-,14+/m0/s1. The molecule has 9 heteroatoms. The number of rotatable bonds is 4. The number of hydrogen-bond donors (Lipinski definition) is 1. The molecule has 1 aliphatic rings. The summed E-state index contributed by atoms with van der Waals surface area (Å²) in [6.45, 7) is 1.89. The number of likely N-dealkylation sites (tertiary alicyclic amines) is 1. The van der Waals surface area contributed by atoms with Crippen molar-refractivity contribution in [2.24, 2.45) is 0 Å². The van der Waals surface area contributed by atoms with E-state index in [2.05, 4.69) is 16.2 Å². The number of ether oxygens (including phenoxy) is 1. The van der Waals surface area contributed by atoms with E-state index >= 15 is 0 Å². The Morgan fingerprint density at radius 3 is 3.04 bits per heavy atom. The summed E-state index contributed by atoms with van der Waals surface area (Å²) in [5, 5.41) is 22.6. The van der Waals surface area contributed by atoms with Crippen LogP contribution < -0.4 is 4.74 Å². The fourth-order valence-corrected chi connectivity index (χ4v) is 3.00. The lowest BCUT2D eigenvalue weighted by atomic mass is 10.0. The molecule has 1 amide bonds. The van der Waals surface area contributed by atoms with Crippen LogP contribution in [-0.2, 0) is 6.61 Å². The minimum absolute atomic E-state index is 0.111. The largest absolute Gasteiger partial charge is 0.487 e. The van der Waals surface area contributed by atoms with Gasteiger partial charge in [-0.25, -0.2) is 13.9 Å². The van der Waals surface area contributed by atoms with Gasteiger partial charge in [0.15, 0.2) is 0 Å². The van der Waals surface area contributed by atoms with Crippen molar-refractivity contribution in [3.05, 3.63) is 41.5 Å². The summed E-state index contributed by atoms with van der Waals surface area (Å²) in [4.78, 5) is 16.1. The average Bonchev–Trinajstić information content (AvgIpc) is 3.03. The van der Waals surface area contributed by atoms with E-state index in [0.717, 1.165) is 10.6 Å². The normalized spacial score (nSPS) is 19.8. The average molecular weight is 359 g/mol. The Kier molecular flexibility index (Phi) is 5.02. The molecule has 3 rings (SSSR count). The Morgan fingerprint density at radius 2 is 2.38 bits per heavy atom. The van der Waals surface area contributed by atoms with Crippen LogP contribution in [0.4, 0.5) is 9.18 Å². The third kappa shape index (κ3) is 3.44. The van der Waals surface area contributed by atoms with Gasteiger partial charge < -0.3 is 14.7 Å². The minimum atomic E-state index is -1.43. The van der Waals surface area contributed by atoms with Gasteiger partial charge in [-0.15, -0.1) is 0 Å². The van der Waals surface area contributed by atoms with Crippen LogP contribution in [0.2, 0.25) is 0 Å². The van der Waals surface area contributed by atoms with Gasteiger partial charge in [0.05, 0.1) is 24.5 Å². The van der Waals surface area contributed by atoms with Crippen LogP contribution >= 0.6 is 0 Å². The summed E-state index contributed by atoms with van der Waals surface area (Å²) in [6.07, 6.45) is 0.826. The number of amides is 1. The molecule has 1 fully saturated rings. The number of nitriles is 1. The van der Waals surface area contributed by atoms with Crippen molar-refractivity contribution in [3.8, 4) is 11.8 Å². The maximum atomic E-state index is 14.5. The van der Waals surface area contributed by atoms with Crippen LogP contribution in [0.25, 0.3) is 0 Å². The lowest BCUT2D eigenvalue weighted by Crippen LogP contribution is -2.45. The van der Waals surface area contributed by atoms with Crippen molar-refractivity contribution >= 4 is 6.09 Å². The van der Waals surface area contributed by atoms with E-state index in [1.165, 1.54) is 10.9 Å². The molecule has 0 aliphatic carbocycles. The molecule has 136 valence electrons. The number of piperidine rings is 1. The summed E-state index contributed by atoms with van der Waals surface area (Å²) in [5.41, 5.74) is 1.50. The molecule has 1 saturated heterocycles. The summed E-state index contributed by atoms with van der Waals surface area (Å²) in [6, 6.07) is 4.91. The first kappa shape index (κ1) is 17.7. The van der Waals surface area contributed by atoms with Crippen molar-refractivity contribution in [1.29, 1.82) is 5.26 Å². The van der Waals surface area contributed by atoms with Crippen molar-refractivity contribution in [3.63, 3.8) is 0 Å². The Hall–Kier alpha value is -3.15. The van der Waals surface area contributed by atoms with Gasteiger partial charge in [0.25, 0.3) is 0 Å². The maximum Gasteiger partial charge on any atom is 0.407 e.